The van der Waals surface area contributed by atoms with Crippen molar-refractivity contribution in [2.45, 2.75) is 20.5 Å². The van der Waals surface area contributed by atoms with Crippen molar-refractivity contribution < 1.29 is 28.6 Å². The largest absolute Gasteiger partial charge is 0.465 e. The molecule has 0 fully saturated rings. The quantitative estimate of drug-likeness (QED) is 0.438. The lowest BCUT2D eigenvalue weighted by atomic mass is 10.1. The Bertz CT molecular complexity index is 957. The topological polar surface area (TPSA) is 123 Å². The maximum atomic E-state index is 12.1. The Kier molecular flexibility index (Phi) is 6.57. The number of nitrogen functional groups attached to an aromatic ring is 1. The molecule has 0 spiro atoms. The maximum Gasteiger partial charge on any atom is 0.348 e. The molecule has 10 heteroatoms. The van der Waals surface area contributed by atoms with Gasteiger partial charge in [-0.1, -0.05) is 0 Å². The van der Waals surface area contributed by atoms with Crippen LogP contribution in [0.5, 0.6) is 0 Å². The lowest BCUT2D eigenvalue weighted by molar-refractivity contribution is -0.138. The number of carbonyl (C=O) groups excluding carboxylic acids is 3. The summed E-state index contributed by atoms with van der Waals surface area (Å²) in [4.78, 5) is 36.2. The van der Waals surface area contributed by atoms with E-state index < -0.39 is 17.9 Å². The van der Waals surface area contributed by atoms with Crippen LogP contribution in [0.1, 0.15) is 42.5 Å². The highest BCUT2D eigenvalue weighted by Crippen LogP contribution is 2.33. The Labute approximate surface area is 165 Å². The lowest BCUT2D eigenvalue weighted by Gasteiger charge is -2.06. The van der Waals surface area contributed by atoms with Gasteiger partial charge in [0.05, 0.1) is 19.9 Å². The van der Waals surface area contributed by atoms with Gasteiger partial charge in [-0.2, -0.15) is 5.10 Å². The summed E-state index contributed by atoms with van der Waals surface area (Å²) < 4.78 is 16.3. The Morgan fingerprint density at radius 2 is 1.82 bits per heavy atom. The van der Waals surface area contributed by atoms with Crippen molar-refractivity contribution >= 4 is 40.3 Å². The summed E-state index contributed by atoms with van der Waals surface area (Å²) in [7, 11) is 4.20. The van der Waals surface area contributed by atoms with Gasteiger partial charge in [-0.15, -0.1) is 11.3 Å². The summed E-state index contributed by atoms with van der Waals surface area (Å²) in [5, 5.41) is 4.34. The van der Waals surface area contributed by atoms with Crippen LogP contribution in [0.25, 0.3) is 6.08 Å². The fraction of sp³-hybridized carbons (Fsp3) is 0.333. The van der Waals surface area contributed by atoms with Crippen LogP contribution in [0, 0.1) is 13.8 Å². The number of ether oxygens (including phenoxy) is 3. The molecule has 9 nitrogen and oxygen atoms in total. The van der Waals surface area contributed by atoms with Gasteiger partial charge in [-0.05, 0) is 19.9 Å². The molecule has 150 valence electrons. The Hall–Kier alpha value is -3.14. The van der Waals surface area contributed by atoms with Crippen molar-refractivity contribution in [2.75, 3.05) is 20.0 Å². The van der Waals surface area contributed by atoms with E-state index in [1.807, 2.05) is 20.9 Å². The summed E-state index contributed by atoms with van der Waals surface area (Å²) >= 11 is 0.868. The number of esters is 3. The number of aromatic nitrogens is 2. The molecule has 0 saturated heterocycles. The highest BCUT2D eigenvalue weighted by Gasteiger charge is 2.27. The number of nitrogens with two attached hydrogens (primary N) is 1. The summed E-state index contributed by atoms with van der Waals surface area (Å²) in [5.41, 5.74) is 8.45. The fourth-order valence-corrected chi connectivity index (χ4v) is 3.56. The zero-order valence-corrected chi connectivity index (χ0v) is 17.0. The fourth-order valence-electron chi connectivity index (χ4n) is 2.58. The van der Waals surface area contributed by atoms with E-state index in [1.54, 1.807) is 10.8 Å². The molecule has 0 aromatic carbocycles. The van der Waals surface area contributed by atoms with Gasteiger partial charge in [-0.25, -0.2) is 14.4 Å². The Balaban J connectivity index is 2.23. The van der Waals surface area contributed by atoms with Crippen LogP contribution in [0.3, 0.4) is 0 Å². The molecule has 0 unspecified atom stereocenters. The van der Waals surface area contributed by atoms with Crippen LogP contribution in [0.2, 0.25) is 0 Å². The van der Waals surface area contributed by atoms with Crippen molar-refractivity contribution in [1.29, 1.82) is 0 Å². The van der Waals surface area contributed by atoms with Gasteiger partial charge in [0, 0.05) is 29.9 Å². The molecule has 2 rings (SSSR count). The van der Waals surface area contributed by atoms with Crippen molar-refractivity contribution in [3.63, 3.8) is 0 Å². The molecule has 0 aliphatic heterocycles. The summed E-state index contributed by atoms with van der Waals surface area (Å²) in [6.45, 7) is 3.37. The predicted molar refractivity (Wildman–Crippen MR) is 103 cm³/mol. The van der Waals surface area contributed by atoms with Gasteiger partial charge in [0.25, 0.3) is 0 Å². The van der Waals surface area contributed by atoms with Crippen molar-refractivity contribution in [3.05, 3.63) is 39.0 Å². The van der Waals surface area contributed by atoms with E-state index in [0.717, 1.165) is 28.3 Å². The second kappa shape index (κ2) is 8.70. The van der Waals surface area contributed by atoms with Gasteiger partial charge in [-0.3, -0.25) is 4.68 Å². The third-order valence-corrected chi connectivity index (χ3v) is 5.15. The summed E-state index contributed by atoms with van der Waals surface area (Å²) in [5.74, 6) is -2.07. The second-order valence-electron chi connectivity index (χ2n) is 5.78. The molecule has 0 bridgehead atoms. The minimum absolute atomic E-state index is 0.0105. The zero-order chi connectivity index (χ0) is 21.0. The molecule has 0 amide bonds. The minimum atomic E-state index is -0.730. The van der Waals surface area contributed by atoms with Crippen molar-refractivity contribution in [2.24, 2.45) is 7.05 Å². The lowest BCUT2D eigenvalue weighted by Crippen LogP contribution is -2.11. The van der Waals surface area contributed by atoms with Crippen LogP contribution in [0.4, 0.5) is 5.00 Å². The number of hydrogen-bond donors (Lipinski definition) is 1. The number of carbonyl (C=O) groups is 3. The molecule has 0 aliphatic carbocycles. The van der Waals surface area contributed by atoms with E-state index in [0.29, 0.717) is 0 Å². The highest BCUT2D eigenvalue weighted by atomic mass is 32.1. The van der Waals surface area contributed by atoms with Crippen LogP contribution < -0.4 is 5.73 Å². The molecule has 2 aromatic heterocycles. The third-order valence-electron chi connectivity index (χ3n) is 4.10. The monoisotopic (exact) mass is 407 g/mol. The number of hydrogen-bond acceptors (Lipinski definition) is 9. The van der Waals surface area contributed by atoms with Gasteiger partial charge < -0.3 is 19.9 Å². The number of nitrogens with zero attached hydrogens (tertiary/aromatic N) is 2. The average molecular weight is 407 g/mol. The van der Waals surface area contributed by atoms with Crippen LogP contribution in [0.15, 0.2) is 6.08 Å². The molecule has 2 aromatic rings. The number of anilines is 1. The molecule has 28 heavy (non-hydrogen) atoms. The number of methoxy groups -OCH3 is 2. The predicted octanol–water partition coefficient (Wildman–Crippen LogP) is 2.01. The van der Waals surface area contributed by atoms with E-state index in [-0.39, 0.29) is 27.6 Å². The maximum absolute atomic E-state index is 12.1. The molecule has 0 saturated carbocycles. The Morgan fingerprint density at radius 3 is 2.36 bits per heavy atom. The SMILES string of the molecule is COC(=O)c1sc(N)c(C(=O)OC)c1COC(=O)/C=C/c1c(C)nn(C)c1C. The molecular weight excluding hydrogens is 386 g/mol. The molecule has 2 heterocycles. The van der Waals surface area contributed by atoms with Crippen LogP contribution in [-0.2, 0) is 32.7 Å². The number of aryl methyl sites for hydroxylation is 2. The van der Waals surface area contributed by atoms with Gasteiger partial charge in [0.2, 0.25) is 0 Å². The first kappa shape index (κ1) is 21.2. The van der Waals surface area contributed by atoms with E-state index >= 15 is 0 Å². The summed E-state index contributed by atoms with van der Waals surface area (Å²) in [6.07, 6.45) is 2.85. The molecule has 0 aliphatic rings. The highest BCUT2D eigenvalue weighted by molar-refractivity contribution is 7.18. The van der Waals surface area contributed by atoms with Gasteiger partial charge >= 0.3 is 17.9 Å². The molecule has 0 radical (unpaired) electrons. The summed E-state index contributed by atoms with van der Waals surface area (Å²) in [6, 6.07) is 0. The standard InChI is InChI=1S/C18H21N3O6S/c1-9-11(10(2)21(3)20-9)6-7-13(22)27-8-12-14(17(23)25-4)16(19)28-15(12)18(24)26-5/h6-7H,8,19H2,1-5H3/b7-6+. The number of rotatable bonds is 6. The first-order valence-corrected chi connectivity index (χ1v) is 8.95. The Morgan fingerprint density at radius 1 is 1.18 bits per heavy atom. The molecule has 2 N–H and O–H groups in total. The average Bonchev–Trinajstić information content (AvgIpc) is 3.12. The molecular formula is C18H21N3O6S. The third kappa shape index (κ3) is 4.22. The normalized spacial score (nSPS) is 10.9. The van der Waals surface area contributed by atoms with Gasteiger partial charge in [0.1, 0.15) is 22.0 Å². The first-order chi connectivity index (χ1) is 13.2. The van der Waals surface area contributed by atoms with E-state index in [9.17, 15) is 14.4 Å². The minimum Gasteiger partial charge on any atom is -0.465 e. The van der Waals surface area contributed by atoms with Crippen LogP contribution >= 0.6 is 11.3 Å². The molecule has 0 atom stereocenters. The first-order valence-electron chi connectivity index (χ1n) is 8.14. The van der Waals surface area contributed by atoms with Crippen LogP contribution in [-0.4, -0.2) is 41.9 Å². The number of thiophene rings is 1. The second-order valence-corrected chi connectivity index (χ2v) is 6.83. The van der Waals surface area contributed by atoms with Crippen molar-refractivity contribution in [3.8, 4) is 0 Å². The van der Waals surface area contributed by atoms with E-state index in [4.69, 9.17) is 19.9 Å². The van der Waals surface area contributed by atoms with Crippen molar-refractivity contribution in [1.82, 2.24) is 9.78 Å². The van der Waals surface area contributed by atoms with E-state index in [2.05, 4.69) is 5.10 Å². The smallest absolute Gasteiger partial charge is 0.348 e. The van der Waals surface area contributed by atoms with E-state index in [1.165, 1.54) is 20.3 Å². The van der Waals surface area contributed by atoms with Gasteiger partial charge in [0.15, 0.2) is 0 Å². The zero-order valence-electron chi connectivity index (χ0n) is 16.2.